The van der Waals surface area contributed by atoms with Gasteiger partial charge < -0.3 is 14.2 Å². The van der Waals surface area contributed by atoms with Gasteiger partial charge in [0.15, 0.2) is 0 Å². The Kier molecular flexibility index (Phi) is 7.54. The van der Waals surface area contributed by atoms with Gasteiger partial charge in [-0.15, -0.1) is 0 Å². The molecule has 7 nitrogen and oxygen atoms in total. The lowest BCUT2D eigenvalue weighted by Crippen LogP contribution is -2.40. The van der Waals surface area contributed by atoms with E-state index in [4.69, 9.17) is 4.74 Å². The summed E-state index contributed by atoms with van der Waals surface area (Å²) in [6.45, 7) is 5.51. The van der Waals surface area contributed by atoms with Crippen LogP contribution < -0.4 is 0 Å². The van der Waals surface area contributed by atoms with Crippen LogP contribution in [0.2, 0.25) is 0 Å². The number of sulfone groups is 1. The number of carbonyl (C=O) groups is 1. The molecule has 1 unspecified atom stereocenters. The minimum Gasteiger partial charge on any atom is -0.376 e. The lowest BCUT2D eigenvalue weighted by molar-refractivity contribution is -0.137. The number of rotatable bonds is 9. The Morgan fingerprint density at radius 2 is 1.88 bits per heavy atom. The lowest BCUT2D eigenvalue weighted by Gasteiger charge is -2.30. The molecule has 0 bridgehead atoms. The third-order valence-electron chi connectivity index (χ3n) is 6.73. The monoisotopic (exact) mass is 473 g/mol. The highest BCUT2D eigenvalue weighted by Gasteiger charge is 2.32. The number of carbonyl (C=O) groups excluding carboxylic acids is 1. The zero-order valence-electron chi connectivity index (χ0n) is 19.7. The Bertz CT molecular complexity index is 1040. The molecule has 33 heavy (non-hydrogen) atoms. The van der Waals surface area contributed by atoms with Crippen molar-refractivity contribution in [3.05, 3.63) is 47.8 Å². The van der Waals surface area contributed by atoms with Gasteiger partial charge in [0.2, 0.25) is 20.9 Å². The van der Waals surface area contributed by atoms with Gasteiger partial charge >= 0.3 is 0 Å². The van der Waals surface area contributed by atoms with Crippen molar-refractivity contribution in [2.24, 2.45) is 5.92 Å². The number of amides is 1. The molecule has 0 N–H and O–H groups in total. The van der Waals surface area contributed by atoms with E-state index in [0.29, 0.717) is 19.7 Å². The fourth-order valence-corrected chi connectivity index (χ4v) is 6.41. The molecule has 1 amide bonds. The van der Waals surface area contributed by atoms with Crippen LogP contribution in [-0.4, -0.2) is 47.5 Å². The standard InChI is InChI=1S/C25H35N3O4S/c1-19(2)27(24(29)21-11-6-7-12-21)16-22-15-26-25(28(22)17-23-13-8-14-32-23)33(30,31)18-20-9-4-3-5-10-20/h3-5,9-10,15,19,21,23H,6-8,11-14,16-18H2,1-2H3. The Morgan fingerprint density at radius 3 is 2.52 bits per heavy atom. The maximum absolute atomic E-state index is 13.4. The van der Waals surface area contributed by atoms with Crippen molar-refractivity contribution >= 4 is 15.7 Å². The van der Waals surface area contributed by atoms with Crippen LogP contribution in [0.15, 0.2) is 41.7 Å². The normalized spacial score (nSPS) is 19.4. The fourth-order valence-electron chi connectivity index (χ4n) is 4.91. The van der Waals surface area contributed by atoms with E-state index in [0.717, 1.165) is 49.8 Å². The molecular weight excluding hydrogens is 438 g/mol. The first-order chi connectivity index (χ1) is 15.8. The average Bonchev–Trinajstić information content (AvgIpc) is 3.55. The van der Waals surface area contributed by atoms with Crippen LogP contribution in [0.25, 0.3) is 0 Å². The average molecular weight is 474 g/mol. The van der Waals surface area contributed by atoms with Crippen LogP contribution in [0.4, 0.5) is 0 Å². The van der Waals surface area contributed by atoms with Crippen molar-refractivity contribution in [1.82, 2.24) is 14.5 Å². The van der Waals surface area contributed by atoms with Gasteiger partial charge in [-0.1, -0.05) is 43.2 Å². The van der Waals surface area contributed by atoms with E-state index in [1.807, 2.05) is 49.1 Å². The summed E-state index contributed by atoms with van der Waals surface area (Å²) in [5, 5.41) is 0.0638. The number of hydrogen-bond donors (Lipinski definition) is 0. The fraction of sp³-hybridized carbons (Fsp3) is 0.600. The van der Waals surface area contributed by atoms with Crippen molar-refractivity contribution in [3.63, 3.8) is 0 Å². The van der Waals surface area contributed by atoms with E-state index in [1.54, 1.807) is 10.8 Å². The van der Waals surface area contributed by atoms with E-state index >= 15 is 0 Å². The minimum absolute atomic E-state index is 0.0218. The highest BCUT2D eigenvalue weighted by atomic mass is 32.2. The Morgan fingerprint density at radius 1 is 1.15 bits per heavy atom. The third kappa shape index (κ3) is 5.66. The summed E-state index contributed by atoms with van der Waals surface area (Å²) >= 11 is 0. The minimum atomic E-state index is -3.66. The quantitative estimate of drug-likeness (QED) is 0.551. The van der Waals surface area contributed by atoms with Crippen molar-refractivity contribution in [3.8, 4) is 0 Å². The Labute approximate surface area is 197 Å². The molecule has 2 aromatic rings. The molecule has 1 atom stereocenters. The smallest absolute Gasteiger partial charge is 0.228 e. The maximum Gasteiger partial charge on any atom is 0.228 e. The molecule has 2 heterocycles. The molecule has 0 spiro atoms. The molecule has 1 aliphatic carbocycles. The molecule has 1 aromatic carbocycles. The summed E-state index contributed by atoms with van der Waals surface area (Å²) in [7, 11) is -3.66. The molecule has 1 aromatic heterocycles. The topological polar surface area (TPSA) is 81.5 Å². The molecule has 8 heteroatoms. The van der Waals surface area contributed by atoms with Crippen LogP contribution in [0, 0.1) is 5.92 Å². The summed E-state index contributed by atoms with van der Waals surface area (Å²) in [5.41, 5.74) is 1.48. The van der Waals surface area contributed by atoms with E-state index in [2.05, 4.69) is 4.98 Å². The first-order valence-corrected chi connectivity index (χ1v) is 13.7. The van der Waals surface area contributed by atoms with Crippen molar-refractivity contribution in [2.75, 3.05) is 6.61 Å². The molecule has 180 valence electrons. The van der Waals surface area contributed by atoms with E-state index in [9.17, 15) is 13.2 Å². The molecule has 2 aliphatic rings. The zero-order chi connectivity index (χ0) is 23.4. The van der Waals surface area contributed by atoms with E-state index in [1.165, 1.54) is 0 Å². The molecular formula is C25H35N3O4S. The first-order valence-electron chi connectivity index (χ1n) is 12.1. The molecule has 1 saturated carbocycles. The van der Waals surface area contributed by atoms with Gasteiger partial charge in [-0.25, -0.2) is 13.4 Å². The van der Waals surface area contributed by atoms with Crippen LogP contribution >= 0.6 is 0 Å². The van der Waals surface area contributed by atoms with Gasteiger partial charge in [0.1, 0.15) is 0 Å². The number of aromatic nitrogens is 2. The number of benzene rings is 1. The largest absolute Gasteiger partial charge is 0.376 e. The van der Waals surface area contributed by atoms with Crippen LogP contribution in [0.1, 0.15) is 63.6 Å². The molecule has 0 radical (unpaired) electrons. The number of ether oxygens (including phenoxy) is 1. The van der Waals surface area contributed by atoms with Gasteiger partial charge in [0.25, 0.3) is 0 Å². The zero-order valence-corrected chi connectivity index (χ0v) is 20.5. The number of hydrogen-bond acceptors (Lipinski definition) is 5. The lowest BCUT2D eigenvalue weighted by atomic mass is 10.1. The predicted molar refractivity (Wildman–Crippen MR) is 126 cm³/mol. The SMILES string of the molecule is CC(C)N(Cc1cnc(S(=O)(=O)Cc2ccccc2)n1CC1CCCO1)C(=O)C1CCCC1. The van der Waals surface area contributed by atoms with Crippen LogP contribution in [-0.2, 0) is 38.2 Å². The van der Waals surface area contributed by atoms with Crippen molar-refractivity contribution in [2.45, 2.75) is 88.5 Å². The maximum atomic E-state index is 13.4. The van der Waals surface area contributed by atoms with E-state index in [-0.39, 0.29) is 34.9 Å². The second-order valence-electron chi connectivity index (χ2n) is 9.56. The molecule has 1 aliphatic heterocycles. The van der Waals surface area contributed by atoms with Gasteiger partial charge in [-0.3, -0.25) is 4.79 Å². The second kappa shape index (κ2) is 10.4. The van der Waals surface area contributed by atoms with Gasteiger partial charge in [-0.2, -0.15) is 0 Å². The third-order valence-corrected chi connectivity index (χ3v) is 8.33. The molecule has 4 rings (SSSR count). The number of nitrogens with zero attached hydrogens (tertiary/aromatic N) is 3. The van der Waals surface area contributed by atoms with E-state index < -0.39 is 9.84 Å². The highest BCUT2D eigenvalue weighted by molar-refractivity contribution is 7.90. The predicted octanol–water partition coefficient (Wildman–Crippen LogP) is 3.96. The van der Waals surface area contributed by atoms with Crippen LogP contribution in [0.5, 0.6) is 0 Å². The summed E-state index contributed by atoms with van der Waals surface area (Å²) in [5.74, 6) is 0.134. The molecule has 1 saturated heterocycles. The van der Waals surface area contributed by atoms with Gasteiger partial charge in [-0.05, 0) is 45.1 Å². The first kappa shape index (κ1) is 24.0. The van der Waals surface area contributed by atoms with Crippen molar-refractivity contribution in [1.29, 1.82) is 0 Å². The summed E-state index contributed by atoms with van der Waals surface area (Å²) in [4.78, 5) is 19.5. The van der Waals surface area contributed by atoms with Crippen LogP contribution in [0.3, 0.4) is 0 Å². The summed E-state index contributed by atoms with van der Waals surface area (Å²) in [6.07, 6.45) is 7.53. The second-order valence-corrected chi connectivity index (χ2v) is 11.4. The Hall–Kier alpha value is -2.19. The highest BCUT2D eigenvalue weighted by Crippen LogP contribution is 2.29. The Balaban J connectivity index is 1.64. The van der Waals surface area contributed by atoms with Gasteiger partial charge in [0, 0.05) is 18.6 Å². The number of imidazole rings is 1. The summed E-state index contributed by atoms with van der Waals surface area (Å²) < 4.78 is 34.3. The van der Waals surface area contributed by atoms with Gasteiger partial charge in [0.05, 0.1) is 36.8 Å². The molecule has 2 fully saturated rings. The summed E-state index contributed by atoms with van der Waals surface area (Å²) in [6, 6.07) is 9.19. The van der Waals surface area contributed by atoms with Crippen molar-refractivity contribution < 1.29 is 17.9 Å².